The third-order valence-electron chi connectivity index (χ3n) is 5.41. The SMILES string of the molecule is COc1ccc(C2c3c([nH]c(=O)[nH]c3=O)Nc3[nH]c4ncnc(N)c4c(=O)c32)cc1OC. The van der Waals surface area contributed by atoms with Gasteiger partial charge in [0.05, 0.1) is 31.3 Å². The minimum Gasteiger partial charge on any atom is -0.493 e. The first-order chi connectivity index (χ1) is 15.4. The van der Waals surface area contributed by atoms with E-state index in [1.165, 1.54) is 20.5 Å². The summed E-state index contributed by atoms with van der Waals surface area (Å²) < 4.78 is 10.7. The van der Waals surface area contributed by atoms with Gasteiger partial charge in [-0.1, -0.05) is 6.07 Å². The number of nitrogens with zero attached hydrogens (tertiary/aromatic N) is 2. The van der Waals surface area contributed by atoms with Crippen LogP contribution in [0.2, 0.25) is 0 Å². The highest BCUT2D eigenvalue weighted by molar-refractivity contribution is 5.89. The van der Waals surface area contributed by atoms with Gasteiger partial charge in [0.25, 0.3) is 5.56 Å². The molecule has 0 spiro atoms. The van der Waals surface area contributed by atoms with Gasteiger partial charge in [-0.05, 0) is 17.7 Å². The van der Waals surface area contributed by atoms with Crippen LogP contribution in [0.25, 0.3) is 11.0 Å². The van der Waals surface area contributed by atoms with Crippen LogP contribution < -0.4 is 37.2 Å². The van der Waals surface area contributed by atoms with Crippen molar-refractivity contribution < 1.29 is 9.47 Å². The fourth-order valence-electron chi connectivity index (χ4n) is 4.03. The fourth-order valence-corrected chi connectivity index (χ4v) is 4.03. The number of rotatable bonds is 3. The maximum atomic E-state index is 13.6. The Balaban J connectivity index is 1.90. The lowest BCUT2D eigenvalue weighted by Gasteiger charge is -2.28. The molecule has 1 atom stereocenters. The molecular weight excluding hydrogens is 418 g/mol. The number of nitrogens with one attached hydrogen (secondary N) is 4. The van der Waals surface area contributed by atoms with E-state index in [0.717, 1.165) is 0 Å². The Hall–Kier alpha value is -4.61. The number of hydrogen-bond acceptors (Lipinski definition) is 9. The number of fused-ring (bicyclic) bond motifs is 3. The maximum absolute atomic E-state index is 13.6. The van der Waals surface area contributed by atoms with Crippen LogP contribution in [0, 0.1) is 0 Å². The Kier molecular flexibility index (Phi) is 4.22. The zero-order valence-electron chi connectivity index (χ0n) is 16.9. The summed E-state index contributed by atoms with van der Waals surface area (Å²) in [6.07, 6.45) is 1.23. The van der Waals surface area contributed by atoms with Gasteiger partial charge >= 0.3 is 5.69 Å². The molecule has 32 heavy (non-hydrogen) atoms. The molecule has 0 saturated heterocycles. The summed E-state index contributed by atoms with van der Waals surface area (Å²) >= 11 is 0. The Labute approximate surface area is 178 Å². The van der Waals surface area contributed by atoms with Gasteiger partial charge in [-0.2, -0.15) is 0 Å². The molecular formula is C20H17N7O5. The molecule has 1 aliphatic heterocycles. The van der Waals surface area contributed by atoms with Crippen LogP contribution in [0.4, 0.5) is 17.5 Å². The third kappa shape index (κ3) is 2.73. The molecule has 0 saturated carbocycles. The summed E-state index contributed by atoms with van der Waals surface area (Å²) in [4.78, 5) is 54.2. The Morgan fingerprint density at radius 3 is 2.44 bits per heavy atom. The van der Waals surface area contributed by atoms with Gasteiger partial charge in [0.2, 0.25) is 5.43 Å². The van der Waals surface area contributed by atoms with Gasteiger partial charge in [-0.15, -0.1) is 0 Å². The number of H-pyrrole nitrogens is 3. The second kappa shape index (κ2) is 6.97. The molecule has 12 heteroatoms. The lowest BCUT2D eigenvalue weighted by atomic mass is 9.83. The van der Waals surface area contributed by atoms with Crippen LogP contribution in [0.5, 0.6) is 11.5 Å². The second-order valence-corrected chi connectivity index (χ2v) is 7.09. The summed E-state index contributed by atoms with van der Waals surface area (Å²) in [6, 6.07) is 5.05. The Morgan fingerprint density at radius 2 is 1.69 bits per heavy atom. The number of aromatic nitrogens is 5. The van der Waals surface area contributed by atoms with Gasteiger partial charge < -0.3 is 25.5 Å². The van der Waals surface area contributed by atoms with Crippen LogP contribution >= 0.6 is 0 Å². The van der Waals surface area contributed by atoms with Crippen molar-refractivity contribution in [2.24, 2.45) is 0 Å². The van der Waals surface area contributed by atoms with E-state index in [1.54, 1.807) is 18.2 Å². The quantitative estimate of drug-likeness (QED) is 0.270. The summed E-state index contributed by atoms with van der Waals surface area (Å²) in [5, 5.41) is 3.04. The Morgan fingerprint density at radius 1 is 0.938 bits per heavy atom. The van der Waals surface area contributed by atoms with Gasteiger partial charge in [-0.3, -0.25) is 19.6 Å². The molecule has 0 fully saturated rings. The second-order valence-electron chi connectivity index (χ2n) is 7.09. The number of nitrogens with two attached hydrogens (primary N) is 1. The zero-order chi connectivity index (χ0) is 22.6. The predicted octanol–water partition coefficient (Wildman–Crippen LogP) is 0.531. The molecule has 3 aromatic heterocycles. The summed E-state index contributed by atoms with van der Waals surface area (Å²) in [5.74, 6) is 0.455. The van der Waals surface area contributed by atoms with Crippen LogP contribution in [0.1, 0.15) is 22.6 Å². The first-order valence-electron chi connectivity index (χ1n) is 9.44. The van der Waals surface area contributed by atoms with E-state index < -0.39 is 22.6 Å². The van der Waals surface area contributed by atoms with Crippen molar-refractivity contribution in [2.45, 2.75) is 5.92 Å². The van der Waals surface area contributed by atoms with Gasteiger partial charge in [0, 0.05) is 0 Å². The molecule has 1 aliphatic rings. The van der Waals surface area contributed by atoms with Crippen LogP contribution in [0.3, 0.4) is 0 Å². The normalized spacial score (nSPS) is 14.4. The first-order valence-corrected chi connectivity index (χ1v) is 9.44. The number of pyridine rings is 1. The van der Waals surface area contributed by atoms with E-state index in [9.17, 15) is 14.4 Å². The molecule has 12 nitrogen and oxygen atoms in total. The van der Waals surface area contributed by atoms with E-state index >= 15 is 0 Å². The highest BCUT2D eigenvalue weighted by Crippen LogP contribution is 2.42. The fraction of sp³-hybridized carbons (Fsp3) is 0.150. The monoisotopic (exact) mass is 435 g/mol. The number of nitrogen functional groups attached to an aromatic ring is 1. The molecule has 162 valence electrons. The minimum absolute atomic E-state index is 0.00582. The van der Waals surface area contributed by atoms with Gasteiger partial charge in [0.1, 0.15) is 34.8 Å². The van der Waals surface area contributed by atoms with Crippen molar-refractivity contribution >= 4 is 28.5 Å². The third-order valence-corrected chi connectivity index (χ3v) is 5.41. The maximum Gasteiger partial charge on any atom is 0.327 e. The molecule has 0 bridgehead atoms. The van der Waals surface area contributed by atoms with Crippen molar-refractivity contribution in [3.8, 4) is 11.5 Å². The van der Waals surface area contributed by atoms with E-state index in [1.807, 2.05) is 0 Å². The predicted molar refractivity (Wildman–Crippen MR) is 116 cm³/mol. The highest BCUT2D eigenvalue weighted by atomic mass is 16.5. The molecule has 6 N–H and O–H groups in total. The van der Waals surface area contributed by atoms with Crippen molar-refractivity contribution in [2.75, 3.05) is 25.3 Å². The van der Waals surface area contributed by atoms with Gasteiger partial charge in [0.15, 0.2) is 11.5 Å². The van der Waals surface area contributed by atoms with Crippen molar-refractivity contribution in [1.82, 2.24) is 24.9 Å². The summed E-state index contributed by atoms with van der Waals surface area (Å²) in [5.41, 5.74) is 5.33. The standard InChI is InChI=1S/C20H17N7O5/c1-31-8-4-3-7(5-9(8)32-2)10-11-14(28)13-15(21)22-6-23-16(13)24-17(11)25-18-12(10)19(29)27-20(30)26-18/h3-6,10H,1-2H3,(H6,21,22,23,24,25,26,27,28,29,30). The van der Waals surface area contributed by atoms with Crippen molar-refractivity contribution in [3.05, 3.63) is 72.3 Å². The van der Waals surface area contributed by atoms with Crippen molar-refractivity contribution in [1.29, 1.82) is 0 Å². The lowest BCUT2D eigenvalue weighted by Crippen LogP contribution is -2.34. The zero-order valence-corrected chi connectivity index (χ0v) is 16.9. The number of aromatic amines is 3. The van der Waals surface area contributed by atoms with E-state index in [2.05, 4.69) is 30.2 Å². The summed E-state index contributed by atoms with van der Waals surface area (Å²) in [7, 11) is 2.98. The number of anilines is 3. The van der Waals surface area contributed by atoms with E-state index in [4.69, 9.17) is 15.2 Å². The molecule has 0 amide bonds. The van der Waals surface area contributed by atoms with E-state index in [0.29, 0.717) is 17.1 Å². The number of hydrogen-bond donors (Lipinski definition) is 5. The van der Waals surface area contributed by atoms with Crippen LogP contribution in [-0.4, -0.2) is 39.1 Å². The Bertz CT molecular complexity index is 1570. The molecule has 1 aromatic carbocycles. The number of ether oxygens (including phenoxy) is 2. The lowest BCUT2D eigenvalue weighted by molar-refractivity contribution is 0.354. The first kappa shape index (κ1) is 19.4. The summed E-state index contributed by atoms with van der Waals surface area (Å²) in [6.45, 7) is 0. The molecule has 0 radical (unpaired) electrons. The van der Waals surface area contributed by atoms with E-state index in [-0.39, 0.29) is 39.6 Å². The smallest absolute Gasteiger partial charge is 0.327 e. The minimum atomic E-state index is -0.866. The molecule has 4 heterocycles. The van der Waals surface area contributed by atoms with Gasteiger partial charge in [-0.25, -0.2) is 14.8 Å². The number of methoxy groups -OCH3 is 2. The van der Waals surface area contributed by atoms with Crippen LogP contribution in [-0.2, 0) is 0 Å². The molecule has 0 aliphatic carbocycles. The largest absolute Gasteiger partial charge is 0.493 e. The van der Waals surface area contributed by atoms with Crippen molar-refractivity contribution in [3.63, 3.8) is 0 Å². The average molecular weight is 435 g/mol. The topological polar surface area (TPSA) is 181 Å². The average Bonchev–Trinajstić information content (AvgIpc) is 2.77. The molecule has 5 rings (SSSR count). The number of benzene rings is 1. The molecule has 4 aromatic rings. The van der Waals surface area contributed by atoms with Crippen LogP contribution in [0.15, 0.2) is 38.9 Å². The molecule has 1 unspecified atom stereocenters. The highest BCUT2D eigenvalue weighted by Gasteiger charge is 2.35.